The van der Waals surface area contributed by atoms with Gasteiger partial charge in [-0.1, -0.05) is 23.8 Å². The number of aryl methyl sites for hydroxylation is 3. The van der Waals surface area contributed by atoms with Crippen LogP contribution in [0.2, 0.25) is 0 Å². The SMILES string of the molecule is Cc1ccc(-c2csc(NC(=O)c3ccc4c(c3)CCC(=O)N4C)n2)c(C)c1. The van der Waals surface area contributed by atoms with E-state index in [1.54, 1.807) is 18.0 Å². The average molecular weight is 391 g/mol. The molecule has 4 rings (SSSR count). The Morgan fingerprint density at radius 2 is 1.96 bits per heavy atom. The van der Waals surface area contributed by atoms with Crippen LogP contribution in [0, 0.1) is 13.8 Å². The van der Waals surface area contributed by atoms with Gasteiger partial charge in [0.2, 0.25) is 5.91 Å². The first-order valence-corrected chi connectivity index (χ1v) is 10.0. The summed E-state index contributed by atoms with van der Waals surface area (Å²) in [4.78, 5) is 30.7. The van der Waals surface area contributed by atoms with E-state index in [9.17, 15) is 9.59 Å². The average Bonchev–Trinajstić information content (AvgIpc) is 3.12. The van der Waals surface area contributed by atoms with E-state index in [0.29, 0.717) is 23.5 Å². The molecule has 0 spiro atoms. The Balaban J connectivity index is 1.53. The van der Waals surface area contributed by atoms with E-state index in [0.717, 1.165) is 28.1 Å². The Morgan fingerprint density at radius 3 is 2.75 bits per heavy atom. The number of hydrogen-bond acceptors (Lipinski definition) is 4. The summed E-state index contributed by atoms with van der Waals surface area (Å²) in [6.45, 7) is 4.13. The molecule has 3 aromatic rings. The smallest absolute Gasteiger partial charge is 0.257 e. The molecular formula is C22H21N3O2S. The van der Waals surface area contributed by atoms with E-state index < -0.39 is 0 Å². The number of thiazole rings is 1. The zero-order valence-corrected chi connectivity index (χ0v) is 16.9. The molecule has 28 heavy (non-hydrogen) atoms. The van der Waals surface area contributed by atoms with Gasteiger partial charge in [-0.25, -0.2) is 4.98 Å². The third-order valence-electron chi connectivity index (χ3n) is 5.07. The summed E-state index contributed by atoms with van der Waals surface area (Å²) < 4.78 is 0. The maximum atomic E-state index is 12.7. The van der Waals surface area contributed by atoms with Gasteiger partial charge in [0.25, 0.3) is 5.91 Å². The fraction of sp³-hybridized carbons (Fsp3) is 0.227. The topological polar surface area (TPSA) is 62.3 Å². The first kappa shape index (κ1) is 18.4. The lowest BCUT2D eigenvalue weighted by atomic mass is 9.99. The van der Waals surface area contributed by atoms with Gasteiger partial charge in [-0.2, -0.15) is 0 Å². The van der Waals surface area contributed by atoms with E-state index >= 15 is 0 Å². The number of hydrogen-bond donors (Lipinski definition) is 1. The largest absolute Gasteiger partial charge is 0.315 e. The van der Waals surface area contributed by atoms with Crippen LogP contribution in [-0.2, 0) is 11.2 Å². The second kappa shape index (κ2) is 7.20. The first-order chi connectivity index (χ1) is 13.4. The van der Waals surface area contributed by atoms with Crippen molar-refractivity contribution < 1.29 is 9.59 Å². The molecule has 0 saturated heterocycles. The van der Waals surface area contributed by atoms with Gasteiger partial charge in [0.1, 0.15) is 0 Å². The fourth-order valence-electron chi connectivity index (χ4n) is 3.52. The van der Waals surface area contributed by atoms with E-state index in [-0.39, 0.29) is 11.8 Å². The van der Waals surface area contributed by atoms with Crippen molar-refractivity contribution in [2.24, 2.45) is 0 Å². The minimum Gasteiger partial charge on any atom is -0.315 e. The zero-order chi connectivity index (χ0) is 19.8. The molecule has 0 atom stereocenters. The summed E-state index contributed by atoms with van der Waals surface area (Å²) in [5.41, 5.74) is 6.78. The van der Waals surface area contributed by atoms with Crippen LogP contribution in [0.4, 0.5) is 10.8 Å². The summed E-state index contributed by atoms with van der Waals surface area (Å²) in [6, 6.07) is 11.7. The highest BCUT2D eigenvalue weighted by molar-refractivity contribution is 7.14. The van der Waals surface area contributed by atoms with Crippen molar-refractivity contribution in [1.29, 1.82) is 0 Å². The van der Waals surface area contributed by atoms with Crippen LogP contribution in [-0.4, -0.2) is 23.8 Å². The van der Waals surface area contributed by atoms with Crippen molar-refractivity contribution in [3.8, 4) is 11.3 Å². The molecule has 0 aliphatic carbocycles. The molecule has 0 radical (unpaired) electrons. The highest BCUT2D eigenvalue weighted by atomic mass is 32.1. The Morgan fingerprint density at radius 1 is 1.14 bits per heavy atom. The molecular weight excluding hydrogens is 370 g/mol. The third-order valence-corrected chi connectivity index (χ3v) is 5.83. The summed E-state index contributed by atoms with van der Waals surface area (Å²) in [7, 11) is 1.77. The maximum Gasteiger partial charge on any atom is 0.257 e. The van der Waals surface area contributed by atoms with Crippen molar-refractivity contribution in [2.45, 2.75) is 26.7 Å². The molecule has 0 bridgehead atoms. The van der Waals surface area contributed by atoms with Gasteiger partial charge in [0, 0.05) is 35.7 Å². The minimum absolute atomic E-state index is 0.103. The van der Waals surface area contributed by atoms with Gasteiger partial charge in [-0.3, -0.25) is 14.9 Å². The number of nitrogens with zero attached hydrogens (tertiary/aromatic N) is 2. The molecule has 1 aliphatic heterocycles. The Labute approximate surface area is 168 Å². The molecule has 5 nitrogen and oxygen atoms in total. The summed E-state index contributed by atoms with van der Waals surface area (Å²) >= 11 is 1.41. The molecule has 142 valence electrons. The van der Waals surface area contributed by atoms with Crippen LogP contribution < -0.4 is 10.2 Å². The van der Waals surface area contributed by atoms with Crippen molar-refractivity contribution in [3.63, 3.8) is 0 Å². The first-order valence-electron chi connectivity index (χ1n) is 9.16. The van der Waals surface area contributed by atoms with Gasteiger partial charge in [-0.15, -0.1) is 11.3 Å². The lowest BCUT2D eigenvalue weighted by Crippen LogP contribution is -2.31. The Bertz CT molecular complexity index is 1090. The molecule has 1 aromatic heterocycles. The van der Waals surface area contributed by atoms with E-state index in [1.165, 1.54) is 16.9 Å². The number of nitrogens with one attached hydrogen (secondary N) is 1. The Kier molecular flexibility index (Phi) is 4.73. The molecule has 1 N–H and O–H groups in total. The third kappa shape index (κ3) is 3.43. The monoisotopic (exact) mass is 391 g/mol. The highest BCUT2D eigenvalue weighted by Crippen LogP contribution is 2.30. The van der Waals surface area contributed by atoms with Gasteiger partial charge in [0.15, 0.2) is 5.13 Å². The standard InChI is InChI=1S/C22H21N3O2S/c1-13-4-7-17(14(2)10-13)18-12-28-22(23-18)24-21(27)16-5-8-19-15(11-16)6-9-20(26)25(19)3/h4-5,7-8,10-12H,6,9H2,1-3H3,(H,23,24,27). The van der Waals surface area contributed by atoms with E-state index in [4.69, 9.17) is 0 Å². The van der Waals surface area contributed by atoms with Gasteiger partial charge in [0.05, 0.1) is 5.69 Å². The summed E-state index contributed by atoms with van der Waals surface area (Å²) in [5, 5.41) is 5.43. The quantitative estimate of drug-likeness (QED) is 0.710. The van der Waals surface area contributed by atoms with Crippen LogP contribution in [0.5, 0.6) is 0 Å². The van der Waals surface area contributed by atoms with E-state index in [1.807, 2.05) is 17.5 Å². The zero-order valence-electron chi connectivity index (χ0n) is 16.1. The lowest BCUT2D eigenvalue weighted by Gasteiger charge is -2.25. The molecule has 0 unspecified atom stereocenters. The number of anilines is 2. The van der Waals surface area contributed by atoms with Gasteiger partial charge in [-0.05, 0) is 49.6 Å². The van der Waals surface area contributed by atoms with Gasteiger partial charge < -0.3 is 4.90 Å². The normalized spacial score (nSPS) is 13.4. The molecule has 0 saturated carbocycles. The van der Waals surface area contributed by atoms with Crippen LogP contribution in [0.25, 0.3) is 11.3 Å². The van der Waals surface area contributed by atoms with Crippen molar-refractivity contribution in [3.05, 3.63) is 64.0 Å². The predicted octanol–water partition coefficient (Wildman–Crippen LogP) is 4.59. The van der Waals surface area contributed by atoms with Crippen molar-refractivity contribution in [2.75, 3.05) is 17.3 Å². The number of benzene rings is 2. The Hall–Kier alpha value is -2.99. The molecule has 2 aromatic carbocycles. The van der Waals surface area contributed by atoms with Crippen molar-refractivity contribution >= 4 is 34.0 Å². The fourth-order valence-corrected chi connectivity index (χ4v) is 4.23. The van der Waals surface area contributed by atoms with Crippen molar-refractivity contribution in [1.82, 2.24) is 4.98 Å². The van der Waals surface area contributed by atoms with Crippen LogP contribution in [0.3, 0.4) is 0 Å². The van der Waals surface area contributed by atoms with Gasteiger partial charge >= 0.3 is 0 Å². The number of aromatic nitrogens is 1. The number of rotatable bonds is 3. The molecule has 6 heteroatoms. The summed E-state index contributed by atoms with van der Waals surface area (Å²) in [6.07, 6.45) is 1.13. The summed E-state index contributed by atoms with van der Waals surface area (Å²) in [5.74, 6) is -0.0877. The number of fused-ring (bicyclic) bond motifs is 1. The lowest BCUT2D eigenvalue weighted by molar-refractivity contribution is -0.118. The second-order valence-electron chi connectivity index (χ2n) is 7.11. The van der Waals surface area contributed by atoms with Crippen LogP contribution in [0.15, 0.2) is 41.8 Å². The van der Waals surface area contributed by atoms with Crippen LogP contribution in [0.1, 0.15) is 33.5 Å². The second-order valence-corrected chi connectivity index (χ2v) is 7.96. The number of carbonyl (C=O) groups excluding carboxylic acids is 2. The predicted molar refractivity (Wildman–Crippen MR) is 113 cm³/mol. The molecule has 2 heterocycles. The molecule has 1 aliphatic rings. The van der Waals surface area contributed by atoms with Crippen LogP contribution >= 0.6 is 11.3 Å². The highest BCUT2D eigenvalue weighted by Gasteiger charge is 2.22. The maximum absolute atomic E-state index is 12.7. The minimum atomic E-state index is -0.191. The molecule has 2 amide bonds. The van der Waals surface area contributed by atoms with E-state index in [2.05, 4.69) is 42.3 Å². The number of amides is 2. The molecule has 0 fully saturated rings. The number of carbonyl (C=O) groups is 2.